The summed E-state index contributed by atoms with van der Waals surface area (Å²) in [5, 5.41) is 4.68. The van der Waals surface area contributed by atoms with Gasteiger partial charge in [-0.05, 0) is 36.8 Å². The average Bonchev–Trinajstić information content (AvgIpc) is 3.48. The maximum Gasteiger partial charge on any atom is 0.238 e. The van der Waals surface area contributed by atoms with E-state index in [0.29, 0.717) is 17.6 Å². The van der Waals surface area contributed by atoms with Gasteiger partial charge >= 0.3 is 0 Å². The van der Waals surface area contributed by atoms with E-state index >= 15 is 0 Å². The largest absolute Gasteiger partial charge is 0.309 e. The Morgan fingerprint density at radius 2 is 1.11 bits per heavy atom. The van der Waals surface area contributed by atoms with Gasteiger partial charge in [0.25, 0.3) is 0 Å². The molecule has 0 bridgehead atoms. The van der Waals surface area contributed by atoms with E-state index in [1.54, 1.807) is 0 Å². The van der Waals surface area contributed by atoms with E-state index in [-0.39, 0.29) is 0 Å². The van der Waals surface area contributed by atoms with Gasteiger partial charge < -0.3 is 4.57 Å². The average molecular weight is 578 g/mol. The highest BCUT2D eigenvalue weighted by Crippen LogP contribution is 2.42. The number of rotatable bonds is 4. The second-order valence-electron chi connectivity index (χ2n) is 11.2. The molecule has 5 nitrogen and oxygen atoms in total. The van der Waals surface area contributed by atoms with E-state index < -0.39 is 0 Å². The molecule has 1 aliphatic carbocycles. The topological polar surface area (TPSA) is 48.5 Å². The molecular formula is C40H27N5. The van der Waals surface area contributed by atoms with Crippen molar-refractivity contribution < 1.29 is 0 Å². The van der Waals surface area contributed by atoms with Crippen molar-refractivity contribution in [3.8, 4) is 28.7 Å². The van der Waals surface area contributed by atoms with Gasteiger partial charge in [0, 0.05) is 38.4 Å². The van der Waals surface area contributed by atoms with Gasteiger partial charge in [-0.15, -0.1) is 0 Å². The fraction of sp³-hybridized carbons (Fsp3) is 0.0250. The van der Waals surface area contributed by atoms with Gasteiger partial charge in [0.05, 0.1) is 22.1 Å². The Labute approximate surface area is 259 Å². The molecule has 0 saturated carbocycles. The molecule has 5 aromatic carbocycles. The SMILES string of the molecule is C1=CCC=CC(n2c3ccccc3c3c2ccc2c4ccccc4n(-c4nc(-c5ccccc5)nc(-c5ccccc5)n4)c23)=C1. The van der Waals surface area contributed by atoms with Crippen LogP contribution in [0.3, 0.4) is 0 Å². The number of fused-ring (bicyclic) bond motifs is 7. The van der Waals surface area contributed by atoms with E-state index in [0.717, 1.165) is 56.1 Å². The predicted molar refractivity (Wildman–Crippen MR) is 185 cm³/mol. The van der Waals surface area contributed by atoms with Crippen molar-refractivity contribution in [1.29, 1.82) is 0 Å². The van der Waals surface area contributed by atoms with Gasteiger partial charge in [0.15, 0.2) is 11.6 Å². The van der Waals surface area contributed by atoms with Crippen molar-refractivity contribution in [3.63, 3.8) is 0 Å². The van der Waals surface area contributed by atoms with Gasteiger partial charge in [-0.25, -0.2) is 4.98 Å². The smallest absolute Gasteiger partial charge is 0.238 e. The van der Waals surface area contributed by atoms with Gasteiger partial charge in [0.2, 0.25) is 5.95 Å². The lowest BCUT2D eigenvalue weighted by Gasteiger charge is -2.12. The Morgan fingerprint density at radius 3 is 1.82 bits per heavy atom. The van der Waals surface area contributed by atoms with Crippen LogP contribution in [0.1, 0.15) is 6.42 Å². The molecule has 0 saturated heterocycles. The fourth-order valence-electron chi connectivity index (χ4n) is 6.61. The summed E-state index contributed by atoms with van der Waals surface area (Å²) in [5.74, 6) is 1.87. The molecule has 0 radical (unpaired) electrons. The zero-order chi connectivity index (χ0) is 29.7. The number of hydrogen-bond donors (Lipinski definition) is 0. The van der Waals surface area contributed by atoms with Crippen LogP contribution in [0.5, 0.6) is 0 Å². The van der Waals surface area contributed by atoms with Crippen molar-refractivity contribution in [2.45, 2.75) is 6.42 Å². The molecule has 3 aromatic heterocycles. The van der Waals surface area contributed by atoms with E-state index in [9.17, 15) is 0 Å². The Balaban J connectivity index is 1.44. The second-order valence-corrected chi connectivity index (χ2v) is 11.2. The van der Waals surface area contributed by atoms with E-state index in [2.05, 4.69) is 100 Å². The van der Waals surface area contributed by atoms with Crippen molar-refractivity contribution in [2.24, 2.45) is 0 Å². The van der Waals surface area contributed by atoms with Crippen LogP contribution in [0.4, 0.5) is 0 Å². The first-order chi connectivity index (χ1) is 22.3. The third kappa shape index (κ3) is 4.05. The first-order valence-electron chi connectivity index (χ1n) is 15.2. The van der Waals surface area contributed by atoms with E-state index in [1.807, 2.05) is 60.7 Å². The zero-order valence-corrected chi connectivity index (χ0v) is 24.4. The van der Waals surface area contributed by atoms with Crippen LogP contribution in [0.2, 0.25) is 0 Å². The first-order valence-corrected chi connectivity index (χ1v) is 15.2. The molecule has 0 amide bonds. The summed E-state index contributed by atoms with van der Waals surface area (Å²) in [6.07, 6.45) is 11.9. The van der Waals surface area contributed by atoms with Gasteiger partial charge in [0.1, 0.15) is 0 Å². The highest BCUT2D eigenvalue weighted by atomic mass is 15.2. The number of aromatic nitrogens is 5. The van der Waals surface area contributed by atoms with Gasteiger partial charge in [-0.3, -0.25) is 4.57 Å². The van der Waals surface area contributed by atoms with Crippen molar-refractivity contribution in [2.75, 3.05) is 0 Å². The zero-order valence-electron chi connectivity index (χ0n) is 24.4. The molecule has 9 rings (SSSR count). The summed E-state index contributed by atoms with van der Waals surface area (Å²) < 4.78 is 4.61. The summed E-state index contributed by atoms with van der Waals surface area (Å²) in [7, 11) is 0. The maximum absolute atomic E-state index is 5.17. The molecule has 0 aliphatic heterocycles. The van der Waals surface area contributed by atoms with Crippen LogP contribution >= 0.6 is 0 Å². The Kier molecular flexibility index (Phi) is 5.81. The second kappa shape index (κ2) is 10.3. The molecule has 8 aromatic rings. The minimum Gasteiger partial charge on any atom is -0.309 e. The predicted octanol–water partition coefficient (Wildman–Crippen LogP) is 9.77. The molecule has 1 aliphatic rings. The molecule has 3 heterocycles. The highest BCUT2D eigenvalue weighted by Gasteiger charge is 2.23. The molecule has 0 N–H and O–H groups in total. The summed E-state index contributed by atoms with van der Waals surface area (Å²) in [5.41, 5.74) is 7.46. The van der Waals surface area contributed by atoms with E-state index in [1.165, 1.54) is 10.8 Å². The lowest BCUT2D eigenvalue weighted by atomic mass is 10.1. The summed E-state index contributed by atoms with van der Waals surface area (Å²) >= 11 is 0. The van der Waals surface area contributed by atoms with Gasteiger partial charge in [-0.1, -0.05) is 121 Å². The summed E-state index contributed by atoms with van der Waals surface area (Å²) in [6, 6.07) is 42.0. The monoisotopic (exact) mass is 577 g/mol. The quantitative estimate of drug-likeness (QED) is 0.209. The fourth-order valence-corrected chi connectivity index (χ4v) is 6.61. The minimum absolute atomic E-state index is 0.592. The lowest BCUT2D eigenvalue weighted by molar-refractivity contribution is 0.955. The van der Waals surface area contributed by atoms with Crippen molar-refractivity contribution in [1.82, 2.24) is 24.1 Å². The summed E-state index contributed by atoms with van der Waals surface area (Å²) in [6.45, 7) is 0. The highest BCUT2D eigenvalue weighted by molar-refractivity contribution is 6.26. The standard InChI is InChI=1S/C40H27N5/c1-2-10-20-29(19-9-1)44-34-24-14-12-22-32(34)36-35(44)26-25-31-30-21-11-13-23-33(30)45(37(31)36)40-42-38(27-15-5-3-6-16-27)41-39(43-40)28-17-7-4-8-18-28/h1,3-26H,2H2. The molecule has 212 valence electrons. The third-order valence-corrected chi connectivity index (χ3v) is 8.58. The maximum atomic E-state index is 5.17. The molecule has 0 atom stereocenters. The van der Waals surface area contributed by atoms with E-state index in [4.69, 9.17) is 15.0 Å². The Morgan fingerprint density at radius 1 is 0.489 bits per heavy atom. The number of para-hydroxylation sites is 2. The molecule has 5 heteroatoms. The third-order valence-electron chi connectivity index (χ3n) is 8.58. The molecule has 0 unspecified atom stereocenters. The molecule has 0 spiro atoms. The lowest BCUT2D eigenvalue weighted by Crippen LogP contribution is -2.06. The normalized spacial score (nSPS) is 13.2. The van der Waals surface area contributed by atoms with Crippen molar-refractivity contribution in [3.05, 3.63) is 152 Å². The number of nitrogens with zero attached hydrogens (tertiary/aromatic N) is 5. The van der Waals surface area contributed by atoms with Crippen molar-refractivity contribution >= 4 is 49.3 Å². The van der Waals surface area contributed by atoms with Crippen LogP contribution in [0, 0.1) is 0 Å². The molecule has 45 heavy (non-hydrogen) atoms. The number of allylic oxidation sites excluding steroid dienone is 6. The van der Waals surface area contributed by atoms with Crippen LogP contribution < -0.4 is 0 Å². The first kappa shape index (κ1) is 25.4. The molecule has 0 fully saturated rings. The Bertz CT molecular complexity index is 2440. The van der Waals surface area contributed by atoms with Gasteiger partial charge in [-0.2, -0.15) is 9.97 Å². The van der Waals surface area contributed by atoms with Crippen LogP contribution in [-0.4, -0.2) is 24.1 Å². The molecular weight excluding hydrogens is 550 g/mol. The summed E-state index contributed by atoms with van der Waals surface area (Å²) in [4.78, 5) is 15.3. The van der Waals surface area contributed by atoms with Crippen LogP contribution in [0.15, 0.2) is 152 Å². The number of benzene rings is 5. The number of hydrogen-bond acceptors (Lipinski definition) is 3. The minimum atomic E-state index is 0.592. The Hall–Kier alpha value is -6.07. The van der Waals surface area contributed by atoms with Crippen LogP contribution in [-0.2, 0) is 0 Å². The van der Waals surface area contributed by atoms with Crippen LogP contribution in [0.25, 0.3) is 78.0 Å².